The van der Waals surface area contributed by atoms with E-state index in [2.05, 4.69) is 0 Å². The summed E-state index contributed by atoms with van der Waals surface area (Å²) in [5.41, 5.74) is 0.630. The maximum absolute atomic E-state index is 11.9. The number of rotatable bonds is 6. The summed E-state index contributed by atoms with van der Waals surface area (Å²) in [5.74, 6) is -1.10. The Hall–Kier alpha value is -2.48. The van der Waals surface area contributed by atoms with Crippen molar-refractivity contribution in [1.82, 2.24) is 4.90 Å². The Labute approximate surface area is 143 Å². The van der Waals surface area contributed by atoms with Gasteiger partial charge in [0, 0.05) is 7.05 Å². The minimum atomic E-state index is -1.34. The molecule has 24 heavy (non-hydrogen) atoms. The molecule has 1 atom stereocenters. The Morgan fingerprint density at radius 3 is 2.62 bits per heavy atom. The number of carbonyl (C=O) groups is 3. The van der Waals surface area contributed by atoms with E-state index in [0.29, 0.717) is 22.8 Å². The van der Waals surface area contributed by atoms with Crippen LogP contribution >= 0.6 is 11.8 Å². The van der Waals surface area contributed by atoms with Crippen molar-refractivity contribution in [2.75, 3.05) is 13.7 Å². The molecule has 0 radical (unpaired) electrons. The number of ether oxygens (including phenoxy) is 2. The first-order valence-electron chi connectivity index (χ1n) is 7.19. The van der Waals surface area contributed by atoms with E-state index in [0.717, 1.165) is 16.7 Å². The molecule has 7 nitrogen and oxygen atoms in total. The lowest BCUT2D eigenvalue weighted by Crippen LogP contribution is -2.37. The van der Waals surface area contributed by atoms with Gasteiger partial charge in [0.05, 0.1) is 17.5 Å². The summed E-state index contributed by atoms with van der Waals surface area (Å²) < 4.78 is 10.8. The Bertz CT molecular complexity index is 715. The topological polar surface area (TPSA) is 96.0 Å². The third kappa shape index (κ3) is 3.88. The van der Waals surface area contributed by atoms with Crippen LogP contribution in [0.3, 0.4) is 0 Å². The van der Waals surface area contributed by atoms with Gasteiger partial charge in [-0.3, -0.25) is 14.5 Å². The maximum atomic E-state index is 11.9. The van der Waals surface area contributed by atoms with Gasteiger partial charge in [-0.05, 0) is 49.4 Å². The summed E-state index contributed by atoms with van der Waals surface area (Å²) in [6, 6.07) is 4.81. The van der Waals surface area contributed by atoms with Gasteiger partial charge in [-0.1, -0.05) is 6.07 Å². The molecule has 1 aliphatic rings. The number of carbonyl (C=O) groups excluding carboxylic acids is 3. The third-order valence-electron chi connectivity index (χ3n) is 3.19. The number of carboxylic acid groups (broad SMARTS) is 1. The molecule has 0 saturated carbocycles. The van der Waals surface area contributed by atoms with Crippen molar-refractivity contribution < 1.29 is 29.0 Å². The van der Waals surface area contributed by atoms with Crippen molar-refractivity contribution in [3.63, 3.8) is 0 Å². The van der Waals surface area contributed by atoms with Gasteiger partial charge in [0.1, 0.15) is 6.10 Å². The van der Waals surface area contributed by atoms with E-state index in [4.69, 9.17) is 9.47 Å². The van der Waals surface area contributed by atoms with Gasteiger partial charge in [-0.25, -0.2) is 0 Å². The minimum absolute atomic E-state index is 0.259. The number of nitrogens with zero attached hydrogens (tertiary/aromatic N) is 1. The molecule has 0 aromatic heterocycles. The van der Waals surface area contributed by atoms with E-state index < -0.39 is 12.1 Å². The Kier molecular flexibility index (Phi) is 5.50. The fraction of sp³-hybridized carbons (Fsp3) is 0.312. The highest BCUT2D eigenvalue weighted by atomic mass is 32.2. The molecule has 1 fully saturated rings. The Balaban J connectivity index is 2.30. The minimum Gasteiger partial charge on any atom is -0.546 e. The van der Waals surface area contributed by atoms with Crippen LogP contribution in [0.5, 0.6) is 11.5 Å². The maximum Gasteiger partial charge on any atom is 0.293 e. The molecule has 1 aromatic rings. The Morgan fingerprint density at radius 1 is 1.38 bits per heavy atom. The van der Waals surface area contributed by atoms with E-state index in [1.54, 1.807) is 31.2 Å². The van der Waals surface area contributed by atoms with Crippen LogP contribution < -0.4 is 14.6 Å². The predicted molar refractivity (Wildman–Crippen MR) is 86.4 cm³/mol. The van der Waals surface area contributed by atoms with Crippen molar-refractivity contribution >= 4 is 35.0 Å². The van der Waals surface area contributed by atoms with Crippen molar-refractivity contribution in [1.29, 1.82) is 0 Å². The molecule has 2 amide bonds. The first-order valence-corrected chi connectivity index (χ1v) is 8.01. The third-order valence-corrected chi connectivity index (χ3v) is 4.15. The normalized spacial score (nSPS) is 17.3. The van der Waals surface area contributed by atoms with Gasteiger partial charge in [0.25, 0.3) is 11.1 Å². The zero-order valence-corrected chi connectivity index (χ0v) is 14.2. The van der Waals surface area contributed by atoms with Crippen LogP contribution in [-0.2, 0) is 9.59 Å². The summed E-state index contributed by atoms with van der Waals surface area (Å²) in [4.78, 5) is 35.6. The van der Waals surface area contributed by atoms with Crippen LogP contribution in [0.15, 0.2) is 23.1 Å². The first kappa shape index (κ1) is 17.9. The first-order chi connectivity index (χ1) is 11.3. The molecule has 1 aliphatic heterocycles. The van der Waals surface area contributed by atoms with Gasteiger partial charge in [0.2, 0.25) is 0 Å². The quantitative estimate of drug-likeness (QED) is 0.713. The summed E-state index contributed by atoms with van der Waals surface area (Å²) in [6.07, 6.45) is 0.440. The van der Waals surface area contributed by atoms with Crippen LogP contribution in [0.1, 0.15) is 19.4 Å². The van der Waals surface area contributed by atoms with Crippen molar-refractivity contribution in [3.8, 4) is 11.5 Å². The number of benzene rings is 1. The molecule has 0 bridgehead atoms. The zero-order chi connectivity index (χ0) is 17.9. The van der Waals surface area contributed by atoms with E-state index in [1.165, 1.54) is 14.0 Å². The van der Waals surface area contributed by atoms with Crippen LogP contribution in [-0.4, -0.2) is 41.8 Å². The lowest BCUT2D eigenvalue weighted by molar-refractivity contribution is -0.312. The van der Waals surface area contributed by atoms with Gasteiger partial charge in [-0.2, -0.15) is 0 Å². The lowest BCUT2D eigenvalue weighted by atomic mass is 10.2. The summed E-state index contributed by atoms with van der Waals surface area (Å²) in [7, 11) is 1.42. The monoisotopic (exact) mass is 350 g/mol. The Morgan fingerprint density at radius 2 is 2.08 bits per heavy atom. The molecular weight excluding hydrogens is 334 g/mol. The van der Waals surface area contributed by atoms with Crippen LogP contribution in [0.25, 0.3) is 6.08 Å². The van der Waals surface area contributed by atoms with Crippen molar-refractivity contribution in [2.45, 2.75) is 20.0 Å². The predicted octanol–water partition coefficient (Wildman–Crippen LogP) is 1.27. The molecule has 0 spiro atoms. The number of hydrogen-bond donors (Lipinski definition) is 0. The van der Waals surface area contributed by atoms with Crippen LogP contribution in [0, 0.1) is 0 Å². The molecule has 128 valence electrons. The summed E-state index contributed by atoms with van der Waals surface area (Å²) in [5, 5.41) is 10.5. The second-order valence-electron chi connectivity index (χ2n) is 4.96. The number of carboxylic acids is 1. The lowest BCUT2D eigenvalue weighted by Gasteiger charge is -2.18. The number of imide groups is 1. The van der Waals surface area contributed by atoms with E-state index in [-0.39, 0.29) is 16.9 Å². The molecular formula is C16H16NO6S-. The summed E-state index contributed by atoms with van der Waals surface area (Å²) in [6.45, 7) is 3.49. The highest BCUT2D eigenvalue weighted by Crippen LogP contribution is 2.34. The average Bonchev–Trinajstić information content (AvgIpc) is 2.77. The number of hydrogen-bond acceptors (Lipinski definition) is 7. The second-order valence-corrected chi connectivity index (χ2v) is 5.95. The molecule has 1 saturated heterocycles. The van der Waals surface area contributed by atoms with E-state index >= 15 is 0 Å². The van der Waals surface area contributed by atoms with Gasteiger partial charge in [0.15, 0.2) is 11.5 Å². The SMILES string of the molecule is CCOc1cc(/C=C2\SC(=O)N(C)C2=O)ccc1O[C@H](C)C(=O)[O-]. The molecule has 2 rings (SSSR count). The van der Waals surface area contributed by atoms with Crippen molar-refractivity contribution in [2.24, 2.45) is 0 Å². The van der Waals surface area contributed by atoms with Gasteiger partial charge < -0.3 is 19.4 Å². The average molecular weight is 350 g/mol. The molecule has 0 aliphatic carbocycles. The van der Waals surface area contributed by atoms with Gasteiger partial charge in [-0.15, -0.1) is 0 Å². The largest absolute Gasteiger partial charge is 0.546 e. The standard InChI is InChI=1S/C16H17NO6S/c1-4-22-12-7-10(5-6-11(12)23-9(2)15(19)20)8-13-14(18)17(3)16(21)24-13/h5-9H,4H2,1-3H3,(H,19,20)/p-1/b13-8-/t9-/m1/s1. The molecule has 0 N–H and O–H groups in total. The number of likely N-dealkylation sites (N-methyl/N-ethyl adjacent to an activating group) is 1. The zero-order valence-electron chi connectivity index (χ0n) is 13.4. The van der Waals surface area contributed by atoms with Crippen LogP contribution in [0.4, 0.5) is 4.79 Å². The molecule has 1 heterocycles. The van der Waals surface area contributed by atoms with Crippen molar-refractivity contribution in [3.05, 3.63) is 28.7 Å². The highest BCUT2D eigenvalue weighted by Gasteiger charge is 2.31. The smallest absolute Gasteiger partial charge is 0.293 e. The van der Waals surface area contributed by atoms with E-state index in [9.17, 15) is 19.5 Å². The number of thioether (sulfide) groups is 1. The van der Waals surface area contributed by atoms with E-state index in [1.807, 2.05) is 0 Å². The fourth-order valence-electron chi connectivity index (χ4n) is 1.92. The number of amides is 2. The molecule has 8 heteroatoms. The fourth-order valence-corrected chi connectivity index (χ4v) is 2.74. The van der Waals surface area contributed by atoms with Gasteiger partial charge >= 0.3 is 0 Å². The molecule has 1 aromatic carbocycles. The summed E-state index contributed by atoms with van der Waals surface area (Å²) >= 11 is 0.855. The number of aliphatic carboxylic acids is 1. The molecule has 0 unspecified atom stereocenters. The second kappa shape index (κ2) is 7.39. The van der Waals surface area contributed by atoms with Crippen LogP contribution in [0.2, 0.25) is 0 Å². The highest BCUT2D eigenvalue weighted by molar-refractivity contribution is 8.18.